The Bertz CT molecular complexity index is 505. The molecule has 1 aliphatic rings. The number of carbonyl (C=O) groups excluding carboxylic acids is 1. The van der Waals surface area contributed by atoms with Gasteiger partial charge in [0.2, 0.25) is 5.91 Å². The van der Waals surface area contributed by atoms with E-state index >= 15 is 0 Å². The van der Waals surface area contributed by atoms with Gasteiger partial charge in [-0.3, -0.25) is 9.59 Å². The van der Waals surface area contributed by atoms with Crippen LogP contribution < -0.4 is 11.1 Å². The number of hydrogen-bond donors (Lipinski definition) is 3. The molecule has 0 spiro atoms. The van der Waals surface area contributed by atoms with Gasteiger partial charge in [0.1, 0.15) is 0 Å². The van der Waals surface area contributed by atoms with Crippen LogP contribution in [0.4, 0.5) is 5.69 Å². The van der Waals surface area contributed by atoms with Gasteiger partial charge in [-0.05, 0) is 37.0 Å². The topological polar surface area (TPSA) is 92.4 Å². The van der Waals surface area contributed by atoms with Crippen LogP contribution in [0.2, 0.25) is 0 Å². The molecule has 1 fully saturated rings. The smallest absolute Gasteiger partial charge is 0.303 e. The van der Waals surface area contributed by atoms with Crippen LogP contribution in [-0.4, -0.2) is 22.5 Å². The minimum Gasteiger partial charge on any atom is -0.481 e. The van der Waals surface area contributed by atoms with Crippen LogP contribution in [0, 0.1) is 0 Å². The van der Waals surface area contributed by atoms with Crippen molar-refractivity contribution in [2.75, 3.05) is 5.32 Å². The lowest BCUT2D eigenvalue weighted by molar-refractivity contribution is -0.137. The number of aryl methyl sites for hydroxylation is 1. The minimum atomic E-state index is -0.810. The molecule has 5 nitrogen and oxygen atoms in total. The van der Waals surface area contributed by atoms with Gasteiger partial charge in [0, 0.05) is 12.1 Å². The summed E-state index contributed by atoms with van der Waals surface area (Å²) in [5.41, 5.74) is 7.08. The highest BCUT2D eigenvalue weighted by atomic mass is 16.4. The van der Waals surface area contributed by atoms with E-state index in [1.807, 2.05) is 12.1 Å². The van der Waals surface area contributed by atoms with Gasteiger partial charge < -0.3 is 16.2 Å². The molecule has 1 aromatic carbocycles. The van der Waals surface area contributed by atoms with Crippen LogP contribution in [0.1, 0.15) is 44.1 Å². The van der Waals surface area contributed by atoms with E-state index in [9.17, 15) is 9.59 Å². The van der Waals surface area contributed by atoms with Crippen molar-refractivity contribution >= 4 is 17.6 Å². The van der Waals surface area contributed by atoms with Crippen LogP contribution >= 0.6 is 0 Å². The van der Waals surface area contributed by atoms with E-state index in [4.69, 9.17) is 10.8 Å². The molecule has 114 valence electrons. The summed E-state index contributed by atoms with van der Waals surface area (Å²) in [6.07, 6.45) is 5.20. The molecule has 1 amide bonds. The third kappa shape index (κ3) is 4.29. The number of rotatable bonds is 5. The highest BCUT2D eigenvalue weighted by molar-refractivity contribution is 5.98. The number of nitrogens with two attached hydrogens (primary N) is 1. The van der Waals surface area contributed by atoms with E-state index in [-0.39, 0.29) is 12.3 Å². The predicted octanol–water partition coefficient (Wildman–Crippen LogP) is 2.30. The van der Waals surface area contributed by atoms with Crippen molar-refractivity contribution in [1.29, 1.82) is 0 Å². The van der Waals surface area contributed by atoms with Crippen LogP contribution in [-0.2, 0) is 16.0 Å². The molecule has 0 unspecified atom stereocenters. The van der Waals surface area contributed by atoms with Crippen molar-refractivity contribution in [1.82, 2.24) is 0 Å². The molecule has 1 aliphatic carbocycles. The lowest BCUT2D eigenvalue weighted by atomic mass is 9.82. The number of anilines is 1. The number of carboxylic acids is 1. The summed E-state index contributed by atoms with van der Waals surface area (Å²) in [5.74, 6) is -0.935. The van der Waals surface area contributed by atoms with Crippen LogP contribution in [0.15, 0.2) is 24.3 Å². The van der Waals surface area contributed by atoms with Gasteiger partial charge in [-0.1, -0.05) is 31.4 Å². The first-order valence-corrected chi connectivity index (χ1v) is 7.41. The van der Waals surface area contributed by atoms with Gasteiger partial charge in [-0.15, -0.1) is 0 Å². The number of amides is 1. The monoisotopic (exact) mass is 290 g/mol. The van der Waals surface area contributed by atoms with Gasteiger partial charge in [0.15, 0.2) is 0 Å². The Morgan fingerprint density at radius 1 is 1.14 bits per heavy atom. The zero-order chi connectivity index (χ0) is 15.3. The molecule has 0 radical (unpaired) electrons. The van der Waals surface area contributed by atoms with E-state index < -0.39 is 11.5 Å². The van der Waals surface area contributed by atoms with Gasteiger partial charge >= 0.3 is 5.97 Å². The van der Waals surface area contributed by atoms with E-state index in [0.29, 0.717) is 12.1 Å². The fourth-order valence-electron chi connectivity index (χ4n) is 2.67. The zero-order valence-electron chi connectivity index (χ0n) is 12.1. The van der Waals surface area contributed by atoms with Crippen molar-refractivity contribution in [2.24, 2.45) is 5.73 Å². The molecule has 0 aliphatic heterocycles. The van der Waals surface area contributed by atoms with Gasteiger partial charge in [-0.2, -0.15) is 0 Å². The Hall–Kier alpha value is -1.88. The summed E-state index contributed by atoms with van der Waals surface area (Å²) in [4.78, 5) is 22.8. The second kappa shape index (κ2) is 6.72. The number of carbonyl (C=O) groups is 2. The Kier molecular flexibility index (Phi) is 4.96. The first-order chi connectivity index (χ1) is 9.99. The molecule has 0 saturated heterocycles. The van der Waals surface area contributed by atoms with Crippen molar-refractivity contribution in [3.63, 3.8) is 0 Å². The zero-order valence-corrected chi connectivity index (χ0v) is 12.1. The standard InChI is InChI=1S/C16H22N2O3/c17-16(10-2-1-3-11-16)15(21)18-13-7-4-12(5-8-13)6-9-14(19)20/h4-5,7-8H,1-3,6,9-11,17H2,(H,18,21)(H,19,20). The van der Waals surface area contributed by atoms with Gasteiger partial charge in [-0.25, -0.2) is 0 Å². The van der Waals surface area contributed by atoms with Crippen molar-refractivity contribution in [3.8, 4) is 0 Å². The van der Waals surface area contributed by atoms with Crippen molar-refractivity contribution < 1.29 is 14.7 Å². The number of benzene rings is 1. The molecule has 1 aromatic rings. The third-order valence-electron chi connectivity index (χ3n) is 4.04. The Morgan fingerprint density at radius 2 is 1.76 bits per heavy atom. The molecule has 5 heteroatoms. The lowest BCUT2D eigenvalue weighted by Gasteiger charge is -2.31. The molecule has 0 atom stereocenters. The SMILES string of the molecule is NC1(C(=O)Nc2ccc(CCC(=O)O)cc2)CCCCC1. The summed E-state index contributed by atoms with van der Waals surface area (Å²) < 4.78 is 0. The molecule has 1 saturated carbocycles. The molecule has 2 rings (SSSR count). The second-order valence-corrected chi connectivity index (χ2v) is 5.76. The van der Waals surface area contributed by atoms with Gasteiger partial charge in [0.05, 0.1) is 5.54 Å². The predicted molar refractivity (Wildman–Crippen MR) is 81.0 cm³/mol. The second-order valence-electron chi connectivity index (χ2n) is 5.76. The molecule has 0 heterocycles. The van der Waals surface area contributed by atoms with Crippen molar-refractivity contribution in [3.05, 3.63) is 29.8 Å². The Morgan fingerprint density at radius 3 is 2.33 bits per heavy atom. The summed E-state index contributed by atoms with van der Waals surface area (Å²) in [6, 6.07) is 7.26. The summed E-state index contributed by atoms with van der Waals surface area (Å²) in [6.45, 7) is 0. The third-order valence-corrected chi connectivity index (χ3v) is 4.04. The fraction of sp³-hybridized carbons (Fsp3) is 0.500. The maximum atomic E-state index is 12.3. The van der Waals surface area contributed by atoms with Crippen LogP contribution in [0.25, 0.3) is 0 Å². The molecule has 0 bridgehead atoms. The molecular formula is C16H22N2O3. The van der Waals surface area contributed by atoms with E-state index in [1.54, 1.807) is 12.1 Å². The summed E-state index contributed by atoms with van der Waals surface area (Å²) >= 11 is 0. The van der Waals surface area contributed by atoms with Crippen molar-refractivity contribution in [2.45, 2.75) is 50.5 Å². The fourth-order valence-corrected chi connectivity index (χ4v) is 2.67. The van der Waals surface area contributed by atoms with Gasteiger partial charge in [0.25, 0.3) is 0 Å². The first-order valence-electron chi connectivity index (χ1n) is 7.41. The van der Waals surface area contributed by atoms with E-state index in [0.717, 1.165) is 37.7 Å². The molecule has 21 heavy (non-hydrogen) atoms. The first kappa shape index (κ1) is 15.5. The summed E-state index contributed by atoms with van der Waals surface area (Å²) in [7, 11) is 0. The highest BCUT2D eigenvalue weighted by Gasteiger charge is 2.35. The lowest BCUT2D eigenvalue weighted by Crippen LogP contribution is -2.52. The number of nitrogens with one attached hydrogen (secondary N) is 1. The number of hydrogen-bond acceptors (Lipinski definition) is 3. The maximum absolute atomic E-state index is 12.3. The maximum Gasteiger partial charge on any atom is 0.303 e. The summed E-state index contributed by atoms with van der Waals surface area (Å²) in [5, 5.41) is 11.5. The minimum absolute atomic E-state index is 0.109. The number of carboxylic acid groups (broad SMARTS) is 1. The highest BCUT2D eigenvalue weighted by Crippen LogP contribution is 2.27. The van der Waals surface area contributed by atoms with E-state index in [1.165, 1.54) is 0 Å². The normalized spacial score (nSPS) is 17.2. The average Bonchev–Trinajstić information content (AvgIpc) is 2.47. The number of aliphatic carboxylic acids is 1. The van der Waals surface area contributed by atoms with E-state index in [2.05, 4.69) is 5.32 Å². The average molecular weight is 290 g/mol. The Labute approximate surface area is 124 Å². The van der Waals surface area contributed by atoms with Crippen LogP contribution in [0.5, 0.6) is 0 Å². The molecule has 4 N–H and O–H groups in total. The van der Waals surface area contributed by atoms with Crippen LogP contribution in [0.3, 0.4) is 0 Å². The largest absolute Gasteiger partial charge is 0.481 e. The molecule has 0 aromatic heterocycles. The molecular weight excluding hydrogens is 268 g/mol. The quantitative estimate of drug-likeness (QED) is 0.775. The Balaban J connectivity index is 1.93.